The lowest BCUT2D eigenvalue weighted by molar-refractivity contribution is -0.384. The van der Waals surface area contributed by atoms with E-state index >= 15 is 0 Å². The van der Waals surface area contributed by atoms with Crippen LogP contribution in [0.5, 0.6) is 0 Å². The molecule has 2 rings (SSSR count). The molecule has 0 saturated carbocycles. The first kappa shape index (κ1) is 15.4. The Balaban J connectivity index is 2.75. The second-order valence-corrected chi connectivity index (χ2v) is 4.39. The summed E-state index contributed by atoms with van der Waals surface area (Å²) in [5.41, 5.74) is 6.11. The van der Waals surface area contributed by atoms with E-state index in [1.165, 1.54) is 18.2 Å². The van der Waals surface area contributed by atoms with Gasteiger partial charge in [0.1, 0.15) is 5.56 Å². The topological polar surface area (TPSA) is 121 Å². The molecule has 0 aliphatic carbocycles. The minimum Gasteiger partial charge on any atom is -0.462 e. The summed E-state index contributed by atoms with van der Waals surface area (Å²) in [6, 6.07) is 5.98. The number of carbonyl (C=O) groups excluding carboxylic acids is 1. The third-order valence-corrected chi connectivity index (χ3v) is 2.94. The van der Waals surface area contributed by atoms with Crippen LogP contribution in [0.25, 0.3) is 11.3 Å². The molecule has 0 aliphatic rings. The zero-order valence-corrected chi connectivity index (χ0v) is 12.1. The third-order valence-electron chi connectivity index (χ3n) is 2.94. The minimum absolute atomic E-state index is 0.0706. The number of nitrogen functional groups attached to an aromatic ring is 1. The van der Waals surface area contributed by atoms with Crippen molar-refractivity contribution in [1.29, 1.82) is 0 Å². The predicted octanol–water partition coefficient (Wildman–Crippen LogP) is 2.12. The van der Waals surface area contributed by atoms with Gasteiger partial charge in [-0.3, -0.25) is 10.1 Å². The fraction of sp³-hybridized carbons (Fsp3) is 0.214. The molecule has 0 radical (unpaired) electrons. The van der Waals surface area contributed by atoms with Crippen molar-refractivity contribution in [3.8, 4) is 11.3 Å². The van der Waals surface area contributed by atoms with E-state index in [9.17, 15) is 14.9 Å². The largest absolute Gasteiger partial charge is 0.462 e. The Kier molecular flexibility index (Phi) is 4.31. The molecule has 0 atom stereocenters. The zero-order valence-electron chi connectivity index (χ0n) is 12.1. The van der Waals surface area contributed by atoms with Crippen LogP contribution < -0.4 is 5.73 Å². The molecule has 0 spiro atoms. The molecule has 22 heavy (non-hydrogen) atoms. The van der Waals surface area contributed by atoms with Gasteiger partial charge >= 0.3 is 5.97 Å². The monoisotopic (exact) mass is 302 g/mol. The number of aromatic nitrogens is 2. The van der Waals surface area contributed by atoms with E-state index in [0.29, 0.717) is 5.69 Å². The van der Waals surface area contributed by atoms with E-state index in [0.717, 1.165) is 0 Å². The Morgan fingerprint density at radius 1 is 1.36 bits per heavy atom. The number of hydrogen-bond donors (Lipinski definition) is 1. The number of carbonyl (C=O) groups is 1. The molecule has 1 aromatic carbocycles. The van der Waals surface area contributed by atoms with Gasteiger partial charge in [-0.15, -0.1) is 0 Å². The van der Waals surface area contributed by atoms with Gasteiger partial charge in [0, 0.05) is 6.07 Å². The van der Waals surface area contributed by atoms with Crippen LogP contribution in [-0.2, 0) is 4.74 Å². The van der Waals surface area contributed by atoms with Crippen molar-refractivity contribution in [2.24, 2.45) is 0 Å². The Morgan fingerprint density at radius 2 is 2.05 bits per heavy atom. The van der Waals surface area contributed by atoms with Gasteiger partial charge in [-0.2, -0.15) is 0 Å². The standard InChI is InChI=1S/C14H14N4O4/c1-3-22-13(19)11-8(2)16-14(15)17-12(11)9-6-4-5-7-10(9)18(20)21/h4-7H,3H2,1-2H3,(H2,15,16,17). The lowest BCUT2D eigenvalue weighted by Crippen LogP contribution is -2.13. The zero-order chi connectivity index (χ0) is 16.3. The fourth-order valence-electron chi connectivity index (χ4n) is 2.07. The first-order chi connectivity index (χ1) is 10.5. The third kappa shape index (κ3) is 2.85. The van der Waals surface area contributed by atoms with Crippen molar-refractivity contribution in [3.05, 3.63) is 45.6 Å². The number of aryl methyl sites for hydroxylation is 1. The van der Waals surface area contributed by atoms with Crippen molar-refractivity contribution in [2.45, 2.75) is 13.8 Å². The average Bonchev–Trinajstić information content (AvgIpc) is 2.46. The van der Waals surface area contributed by atoms with Gasteiger partial charge in [0.15, 0.2) is 0 Å². The van der Waals surface area contributed by atoms with Gasteiger partial charge in [-0.25, -0.2) is 14.8 Å². The van der Waals surface area contributed by atoms with Gasteiger partial charge in [0.05, 0.1) is 28.5 Å². The molecular weight excluding hydrogens is 288 g/mol. The number of esters is 1. The quantitative estimate of drug-likeness (QED) is 0.521. The average molecular weight is 302 g/mol. The van der Waals surface area contributed by atoms with Crippen molar-refractivity contribution in [3.63, 3.8) is 0 Å². The molecule has 0 saturated heterocycles. The van der Waals surface area contributed by atoms with Crippen LogP contribution in [0.2, 0.25) is 0 Å². The first-order valence-corrected chi connectivity index (χ1v) is 6.50. The summed E-state index contributed by atoms with van der Waals surface area (Å²) >= 11 is 0. The Morgan fingerprint density at radius 3 is 2.68 bits per heavy atom. The fourth-order valence-corrected chi connectivity index (χ4v) is 2.07. The number of nitro benzene ring substituents is 1. The Bertz CT molecular complexity index is 746. The van der Waals surface area contributed by atoms with E-state index in [1.807, 2.05) is 0 Å². The number of nitrogens with two attached hydrogens (primary N) is 1. The highest BCUT2D eigenvalue weighted by Crippen LogP contribution is 2.32. The van der Waals surface area contributed by atoms with E-state index in [1.54, 1.807) is 19.9 Å². The summed E-state index contributed by atoms with van der Waals surface area (Å²) in [4.78, 5) is 30.7. The lowest BCUT2D eigenvalue weighted by Gasteiger charge is -2.11. The predicted molar refractivity (Wildman–Crippen MR) is 79.2 cm³/mol. The first-order valence-electron chi connectivity index (χ1n) is 6.50. The maximum atomic E-state index is 12.1. The maximum absolute atomic E-state index is 12.1. The molecule has 2 aromatic rings. The number of benzene rings is 1. The Labute approximate surface area is 126 Å². The normalized spacial score (nSPS) is 10.3. The van der Waals surface area contributed by atoms with Crippen LogP contribution in [0.3, 0.4) is 0 Å². The summed E-state index contributed by atoms with van der Waals surface area (Å²) in [6.07, 6.45) is 0. The molecule has 0 bridgehead atoms. The molecule has 1 aromatic heterocycles. The molecule has 0 aliphatic heterocycles. The second kappa shape index (κ2) is 6.17. The van der Waals surface area contributed by atoms with Crippen molar-refractivity contribution >= 4 is 17.6 Å². The van der Waals surface area contributed by atoms with Gasteiger partial charge < -0.3 is 10.5 Å². The molecule has 0 fully saturated rings. The van der Waals surface area contributed by atoms with Crippen molar-refractivity contribution in [1.82, 2.24) is 9.97 Å². The highest BCUT2D eigenvalue weighted by Gasteiger charge is 2.25. The maximum Gasteiger partial charge on any atom is 0.342 e. The van der Waals surface area contributed by atoms with Gasteiger partial charge in [0.2, 0.25) is 5.95 Å². The van der Waals surface area contributed by atoms with E-state index in [2.05, 4.69) is 9.97 Å². The number of rotatable bonds is 4. The molecule has 2 N–H and O–H groups in total. The number of ether oxygens (including phenoxy) is 1. The number of nitro groups is 1. The molecule has 0 unspecified atom stereocenters. The van der Waals surface area contributed by atoms with Crippen LogP contribution in [0.15, 0.2) is 24.3 Å². The van der Waals surface area contributed by atoms with Gasteiger partial charge in [0.25, 0.3) is 5.69 Å². The highest BCUT2D eigenvalue weighted by atomic mass is 16.6. The highest BCUT2D eigenvalue weighted by molar-refractivity contribution is 5.98. The number of para-hydroxylation sites is 1. The van der Waals surface area contributed by atoms with Crippen LogP contribution in [0.1, 0.15) is 23.0 Å². The van der Waals surface area contributed by atoms with Gasteiger partial charge in [-0.1, -0.05) is 12.1 Å². The van der Waals surface area contributed by atoms with Crippen LogP contribution in [0.4, 0.5) is 11.6 Å². The molecule has 1 heterocycles. The summed E-state index contributed by atoms with van der Waals surface area (Å²) in [5.74, 6) is -0.716. The van der Waals surface area contributed by atoms with Crippen molar-refractivity contribution < 1.29 is 14.5 Å². The Hall–Kier alpha value is -3.03. The van der Waals surface area contributed by atoms with Crippen LogP contribution >= 0.6 is 0 Å². The van der Waals surface area contributed by atoms with Crippen molar-refractivity contribution in [2.75, 3.05) is 12.3 Å². The summed E-state index contributed by atoms with van der Waals surface area (Å²) in [6.45, 7) is 3.40. The molecule has 8 heteroatoms. The van der Waals surface area contributed by atoms with E-state index < -0.39 is 10.9 Å². The van der Waals surface area contributed by atoms with E-state index in [-0.39, 0.29) is 35.1 Å². The number of nitrogens with zero attached hydrogens (tertiary/aromatic N) is 3. The van der Waals surface area contributed by atoms with Gasteiger partial charge in [-0.05, 0) is 19.9 Å². The molecular formula is C14H14N4O4. The molecule has 114 valence electrons. The van der Waals surface area contributed by atoms with Crippen LogP contribution in [-0.4, -0.2) is 27.5 Å². The smallest absolute Gasteiger partial charge is 0.342 e. The van der Waals surface area contributed by atoms with Crippen LogP contribution in [0, 0.1) is 17.0 Å². The molecule has 0 amide bonds. The second-order valence-electron chi connectivity index (χ2n) is 4.39. The number of anilines is 1. The number of hydrogen-bond acceptors (Lipinski definition) is 7. The summed E-state index contributed by atoms with van der Waals surface area (Å²) in [5, 5.41) is 11.2. The lowest BCUT2D eigenvalue weighted by atomic mass is 10.0. The summed E-state index contributed by atoms with van der Waals surface area (Å²) < 4.78 is 4.98. The summed E-state index contributed by atoms with van der Waals surface area (Å²) in [7, 11) is 0. The minimum atomic E-state index is -0.645. The van der Waals surface area contributed by atoms with E-state index in [4.69, 9.17) is 10.5 Å². The molecule has 8 nitrogen and oxygen atoms in total. The SMILES string of the molecule is CCOC(=O)c1c(C)nc(N)nc1-c1ccccc1[N+](=O)[O-].